The minimum absolute atomic E-state index is 0.676. The van der Waals surface area contributed by atoms with E-state index in [9.17, 15) is 0 Å². The molecular formula is C15H18N4. The maximum atomic E-state index is 4.53. The molecule has 2 heterocycles. The van der Waals surface area contributed by atoms with Crippen molar-refractivity contribution >= 4 is 11.8 Å². The third kappa shape index (κ3) is 2.52. The highest BCUT2D eigenvalue weighted by molar-refractivity contribution is 5.44. The monoisotopic (exact) mass is 254 g/mol. The molecule has 4 nitrogen and oxygen atoms in total. The van der Waals surface area contributed by atoms with Crippen LogP contribution >= 0.6 is 0 Å². The molecule has 1 aliphatic rings. The molecule has 1 aromatic carbocycles. The van der Waals surface area contributed by atoms with Crippen molar-refractivity contribution in [3.63, 3.8) is 0 Å². The Morgan fingerprint density at radius 3 is 2.84 bits per heavy atom. The molecule has 1 N–H and O–H groups in total. The topological polar surface area (TPSA) is 41.1 Å². The molecule has 2 aromatic rings. The molecule has 0 saturated heterocycles. The van der Waals surface area contributed by atoms with Gasteiger partial charge in [0, 0.05) is 26.3 Å². The van der Waals surface area contributed by atoms with Crippen LogP contribution in [0, 0.1) is 0 Å². The summed E-state index contributed by atoms with van der Waals surface area (Å²) in [7, 11) is 1.84. The number of hydrogen-bond donors (Lipinski definition) is 1. The molecule has 3 rings (SSSR count). The fourth-order valence-corrected chi connectivity index (χ4v) is 2.54. The molecule has 0 aliphatic carbocycles. The van der Waals surface area contributed by atoms with E-state index in [2.05, 4.69) is 44.5 Å². The van der Waals surface area contributed by atoms with Crippen LogP contribution in [0.5, 0.6) is 0 Å². The Morgan fingerprint density at radius 2 is 2.00 bits per heavy atom. The summed E-state index contributed by atoms with van der Waals surface area (Å²) in [6.07, 6.45) is 4.12. The third-order valence-electron chi connectivity index (χ3n) is 3.54. The number of aromatic nitrogens is 2. The fraction of sp³-hybridized carbons (Fsp3) is 0.333. The summed E-state index contributed by atoms with van der Waals surface area (Å²) in [5, 5.41) is 2.99. The van der Waals surface area contributed by atoms with Crippen molar-refractivity contribution in [3.05, 3.63) is 47.7 Å². The number of rotatable bonds is 2. The molecule has 0 amide bonds. The first-order valence-corrected chi connectivity index (χ1v) is 6.69. The minimum Gasteiger partial charge on any atom is -0.357 e. The Balaban J connectivity index is 1.89. The van der Waals surface area contributed by atoms with Crippen molar-refractivity contribution in [3.8, 4) is 0 Å². The van der Waals surface area contributed by atoms with Gasteiger partial charge in [0.2, 0.25) is 5.95 Å². The lowest BCUT2D eigenvalue weighted by Gasteiger charge is -2.22. The van der Waals surface area contributed by atoms with Crippen LogP contribution in [0.25, 0.3) is 0 Å². The van der Waals surface area contributed by atoms with Gasteiger partial charge in [0.1, 0.15) is 5.82 Å². The maximum absolute atomic E-state index is 4.53. The summed E-state index contributed by atoms with van der Waals surface area (Å²) in [5.74, 6) is 1.67. The first kappa shape index (κ1) is 12.0. The molecule has 98 valence electrons. The fourth-order valence-electron chi connectivity index (χ4n) is 2.54. The number of nitrogens with one attached hydrogen (secondary N) is 1. The second-order valence-corrected chi connectivity index (χ2v) is 4.78. The van der Waals surface area contributed by atoms with Gasteiger partial charge in [-0.3, -0.25) is 0 Å². The van der Waals surface area contributed by atoms with Crippen molar-refractivity contribution in [2.45, 2.75) is 19.4 Å². The Bertz CT molecular complexity index is 568. The summed E-state index contributed by atoms with van der Waals surface area (Å²) in [6, 6.07) is 10.7. The maximum Gasteiger partial charge on any atom is 0.224 e. The lowest BCUT2D eigenvalue weighted by molar-refractivity contribution is 0.753. The van der Waals surface area contributed by atoms with Crippen LogP contribution < -0.4 is 10.2 Å². The molecule has 0 atom stereocenters. The van der Waals surface area contributed by atoms with Crippen molar-refractivity contribution in [1.82, 2.24) is 9.97 Å². The van der Waals surface area contributed by atoms with Gasteiger partial charge in [-0.05, 0) is 30.0 Å². The second-order valence-electron chi connectivity index (χ2n) is 4.78. The molecule has 4 heteroatoms. The zero-order valence-corrected chi connectivity index (χ0v) is 11.1. The molecule has 0 radical (unpaired) electrons. The molecular weight excluding hydrogens is 236 g/mol. The van der Waals surface area contributed by atoms with Gasteiger partial charge in [0.05, 0.1) is 0 Å². The van der Waals surface area contributed by atoms with Crippen LogP contribution in [0.1, 0.15) is 17.5 Å². The highest BCUT2D eigenvalue weighted by Crippen LogP contribution is 2.22. The lowest BCUT2D eigenvalue weighted by Crippen LogP contribution is -2.23. The summed E-state index contributed by atoms with van der Waals surface area (Å²) in [5.41, 5.74) is 2.87. The zero-order valence-electron chi connectivity index (χ0n) is 11.1. The van der Waals surface area contributed by atoms with Crippen LogP contribution in [0.3, 0.4) is 0 Å². The van der Waals surface area contributed by atoms with E-state index >= 15 is 0 Å². The zero-order chi connectivity index (χ0) is 13.1. The number of benzene rings is 1. The average Bonchev–Trinajstić information content (AvgIpc) is 2.69. The van der Waals surface area contributed by atoms with Gasteiger partial charge in [-0.2, -0.15) is 4.98 Å². The number of aryl methyl sites for hydroxylation is 1. The van der Waals surface area contributed by atoms with E-state index in [1.54, 1.807) is 0 Å². The first-order valence-electron chi connectivity index (χ1n) is 6.69. The smallest absolute Gasteiger partial charge is 0.224 e. The van der Waals surface area contributed by atoms with Gasteiger partial charge in [0.25, 0.3) is 0 Å². The van der Waals surface area contributed by atoms with E-state index in [1.165, 1.54) is 11.1 Å². The van der Waals surface area contributed by atoms with E-state index in [4.69, 9.17) is 0 Å². The quantitative estimate of drug-likeness (QED) is 0.894. The predicted molar refractivity (Wildman–Crippen MR) is 77.4 cm³/mol. The summed E-state index contributed by atoms with van der Waals surface area (Å²) in [4.78, 5) is 11.0. The van der Waals surface area contributed by atoms with Gasteiger partial charge in [-0.15, -0.1) is 0 Å². The van der Waals surface area contributed by atoms with Crippen molar-refractivity contribution in [2.24, 2.45) is 0 Å². The average molecular weight is 254 g/mol. The highest BCUT2D eigenvalue weighted by atomic mass is 15.2. The summed E-state index contributed by atoms with van der Waals surface area (Å²) in [6.45, 7) is 1.96. The molecule has 1 aromatic heterocycles. The van der Waals surface area contributed by atoms with Crippen LogP contribution in [0.4, 0.5) is 11.8 Å². The van der Waals surface area contributed by atoms with Crippen LogP contribution in [0.2, 0.25) is 0 Å². The SMILES string of the molecule is CNc1nccc(N2CCCc3ccccc3C2)n1. The number of anilines is 2. The van der Waals surface area contributed by atoms with E-state index in [0.717, 1.165) is 31.7 Å². The highest BCUT2D eigenvalue weighted by Gasteiger charge is 2.15. The normalized spacial score (nSPS) is 14.7. The first-order chi connectivity index (χ1) is 9.36. The van der Waals surface area contributed by atoms with Gasteiger partial charge in [-0.1, -0.05) is 24.3 Å². The van der Waals surface area contributed by atoms with Crippen LogP contribution in [-0.2, 0) is 13.0 Å². The van der Waals surface area contributed by atoms with Gasteiger partial charge < -0.3 is 10.2 Å². The lowest BCUT2D eigenvalue weighted by atomic mass is 10.0. The van der Waals surface area contributed by atoms with Crippen molar-refractivity contribution in [1.29, 1.82) is 0 Å². The molecule has 0 saturated carbocycles. The van der Waals surface area contributed by atoms with Crippen molar-refractivity contribution in [2.75, 3.05) is 23.8 Å². The third-order valence-corrected chi connectivity index (χ3v) is 3.54. The summed E-state index contributed by atoms with van der Waals surface area (Å²) >= 11 is 0. The van der Waals surface area contributed by atoms with Crippen LogP contribution in [-0.4, -0.2) is 23.6 Å². The molecule has 0 bridgehead atoms. The Kier molecular flexibility index (Phi) is 3.31. The largest absolute Gasteiger partial charge is 0.357 e. The van der Waals surface area contributed by atoms with Crippen molar-refractivity contribution < 1.29 is 0 Å². The molecule has 19 heavy (non-hydrogen) atoms. The molecule has 0 fully saturated rings. The van der Waals surface area contributed by atoms with Crippen LogP contribution in [0.15, 0.2) is 36.5 Å². The minimum atomic E-state index is 0.676. The van der Waals surface area contributed by atoms with E-state index in [1.807, 2.05) is 19.3 Å². The number of nitrogens with zero attached hydrogens (tertiary/aromatic N) is 3. The molecule has 0 spiro atoms. The molecule has 1 aliphatic heterocycles. The molecule has 0 unspecified atom stereocenters. The van der Waals surface area contributed by atoms with E-state index in [0.29, 0.717) is 5.95 Å². The number of fused-ring (bicyclic) bond motifs is 1. The standard InChI is InChI=1S/C15H18N4/c1-16-15-17-9-8-14(18-15)19-10-4-7-12-5-2-3-6-13(12)11-19/h2-3,5-6,8-9H,4,7,10-11H2,1H3,(H,16,17,18). The van der Waals surface area contributed by atoms with E-state index < -0.39 is 0 Å². The Labute approximate surface area is 113 Å². The van der Waals surface area contributed by atoms with E-state index in [-0.39, 0.29) is 0 Å². The van der Waals surface area contributed by atoms with Gasteiger partial charge in [-0.25, -0.2) is 4.98 Å². The number of hydrogen-bond acceptors (Lipinski definition) is 4. The van der Waals surface area contributed by atoms with Gasteiger partial charge in [0.15, 0.2) is 0 Å². The Hall–Kier alpha value is -2.10. The predicted octanol–water partition coefficient (Wildman–Crippen LogP) is 2.47. The Morgan fingerprint density at radius 1 is 1.16 bits per heavy atom. The second kappa shape index (κ2) is 5.26. The summed E-state index contributed by atoms with van der Waals surface area (Å²) < 4.78 is 0. The van der Waals surface area contributed by atoms with Gasteiger partial charge >= 0.3 is 0 Å².